The molecule has 0 saturated heterocycles. The van der Waals surface area contributed by atoms with Gasteiger partial charge in [0.2, 0.25) is 0 Å². The molecular weight excluding hydrogens is 375 g/mol. The molecule has 0 saturated carbocycles. The summed E-state index contributed by atoms with van der Waals surface area (Å²) in [7, 11) is -2.36. The number of benzene rings is 1. The molecule has 1 aromatic heterocycles. The first-order valence-corrected chi connectivity index (χ1v) is 9.19. The number of hydrazine groups is 1. The largest absolute Gasteiger partial charge is 0.464 e. The van der Waals surface area contributed by atoms with Crippen molar-refractivity contribution in [3.8, 4) is 0 Å². The number of ether oxygens (including phenoxy) is 1. The molecule has 1 N–H and O–H groups in total. The highest BCUT2D eigenvalue weighted by atomic mass is 35.5. The summed E-state index contributed by atoms with van der Waals surface area (Å²) < 4.78 is 41.7. The second kappa shape index (κ2) is 7.62. The van der Waals surface area contributed by atoms with Crippen LogP contribution in [0.4, 0.5) is 15.9 Å². The van der Waals surface area contributed by atoms with Gasteiger partial charge in [0, 0.05) is 18.6 Å². The van der Waals surface area contributed by atoms with Gasteiger partial charge in [-0.15, -0.1) is 11.6 Å². The average molecular weight is 389 g/mol. The Morgan fingerprint density at radius 2 is 2.04 bits per heavy atom. The highest BCUT2D eigenvalue weighted by Gasteiger charge is 2.21. The van der Waals surface area contributed by atoms with E-state index in [4.69, 9.17) is 11.6 Å². The minimum absolute atomic E-state index is 0.0240. The predicted octanol–water partition coefficient (Wildman–Crippen LogP) is 1.84. The van der Waals surface area contributed by atoms with Crippen LogP contribution in [0.25, 0.3) is 0 Å². The van der Waals surface area contributed by atoms with Crippen LogP contribution in [-0.2, 0) is 14.6 Å². The number of alkyl halides is 1. The molecule has 0 bridgehead atoms. The Bertz CT molecular complexity index is 894. The molecule has 1 heterocycles. The Labute approximate surface area is 148 Å². The summed E-state index contributed by atoms with van der Waals surface area (Å²) in [4.78, 5) is 19.5. The van der Waals surface area contributed by atoms with Crippen molar-refractivity contribution in [3.63, 3.8) is 0 Å². The van der Waals surface area contributed by atoms with E-state index < -0.39 is 21.6 Å². The molecular formula is C14H14ClFN4O4S. The third-order valence-corrected chi connectivity index (χ3v) is 4.41. The molecule has 25 heavy (non-hydrogen) atoms. The number of rotatable bonds is 6. The fourth-order valence-corrected chi connectivity index (χ4v) is 2.68. The molecule has 1 aromatic carbocycles. The zero-order chi connectivity index (χ0) is 18.6. The molecule has 8 nitrogen and oxygen atoms in total. The van der Waals surface area contributed by atoms with Crippen molar-refractivity contribution in [3.05, 3.63) is 42.1 Å². The summed E-state index contributed by atoms with van der Waals surface area (Å²) in [5, 5.41) is 1.17. The van der Waals surface area contributed by atoms with Gasteiger partial charge in [0.15, 0.2) is 21.3 Å². The average Bonchev–Trinajstić information content (AvgIpc) is 2.59. The third-order valence-electron chi connectivity index (χ3n) is 3.06. The number of nitrogens with zero attached hydrogens (tertiary/aromatic N) is 3. The van der Waals surface area contributed by atoms with Gasteiger partial charge in [-0.3, -0.25) is 10.4 Å². The zero-order valence-corrected chi connectivity index (χ0v) is 14.8. The maximum Gasteiger partial charge on any atom is 0.360 e. The van der Waals surface area contributed by atoms with E-state index in [0.29, 0.717) is 0 Å². The quantitative estimate of drug-likeness (QED) is 0.346. The minimum atomic E-state index is -3.54. The molecule has 0 atom stereocenters. The first-order valence-electron chi connectivity index (χ1n) is 6.77. The second-order valence-electron chi connectivity index (χ2n) is 4.79. The van der Waals surface area contributed by atoms with Crippen LogP contribution in [0.3, 0.4) is 0 Å². The molecule has 0 radical (unpaired) electrons. The zero-order valence-electron chi connectivity index (χ0n) is 13.2. The van der Waals surface area contributed by atoms with E-state index >= 15 is 0 Å². The van der Waals surface area contributed by atoms with Crippen molar-refractivity contribution in [1.82, 2.24) is 9.97 Å². The third kappa shape index (κ3) is 4.34. The van der Waals surface area contributed by atoms with Gasteiger partial charge in [-0.1, -0.05) is 0 Å². The van der Waals surface area contributed by atoms with Gasteiger partial charge in [-0.05, 0) is 18.2 Å². The Balaban J connectivity index is 2.37. The van der Waals surface area contributed by atoms with E-state index in [1.807, 2.05) is 0 Å². The number of halogens is 2. The van der Waals surface area contributed by atoms with Crippen LogP contribution in [0.15, 0.2) is 35.5 Å². The van der Waals surface area contributed by atoms with Gasteiger partial charge < -0.3 is 4.74 Å². The normalized spacial score (nSPS) is 11.0. The smallest absolute Gasteiger partial charge is 0.360 e. The van der Waals surface area contributed by atoms with Crippen LogP contribution in [0.2, 0.25) is 0 Å². The van der Waals surface area contributed by atoms with Gasteiger partial charge in [0.05, 0.1) is 17.7 Å². The monoisotopic (exact) mass is 388 g/mol. The van der Waals surface area contributed by atoms with Crippen LogP contribution in [-0.4, -0.2) is 43.7 Å². The van der Waals surface area contributed by atoms with Crippen molar-refractivity contribution in [2.24, 2.45) is 0 Å². The summed E-state index contributed by atoms with van der Waals surface area (Å²) >= 11 is 5.85. The number of carbonyl (C=O) groups excluding carboxylic acids is 1. The Kier molecular flexibility index (Phi) is 5.75. The number of sulfone groups is 1. The fraction of sp³-hybridized carbons (Fsp3) is 0.214. The number of nitrogens with one attached hydrogen (secondary N) is 1. The molecule has 11 heteroatoms. The summed E-state index contributed by atoms with van der Waals surface area (Å²) in [6.07, 6.45) is 3.60. The fourth-order valence-electron chi connectivity index (χ4n) is 1.87. The number of carbonyl (C=O) groups is 1. The first kappa shape index (κ1) is 18.9. The Morgan fingerprint density at radius 3 is 2.60 bits per heavy atom. The molecule has 0 spiro atoms. The van der Waals surface area contributed by atoms with E-state index in [1.54, 1.807) is 0 Å². The summed E-state index contributed by atoms with van der Waals surface area (Å²) in [5.41, 5.74) is 2.45. The lowest BCUT2D eigenvalue weighted by Gasteiger charge is -2.24. The molecule has 0 aliphatic rings. The molecule has 0 amide bonds. The van der Waals surface area contributed by atoms with Crippen LogP contribution in [0.5, 0.6) is 0 Å². The van der Waals surface area contributed by atoms with Crippen molar-refractivity contribution in [1.29, 1.82) is 0 Å². The Hall–Kier alpha value is -2.46. The minimum Gasteiger partial charge on any atom is -0.464 e. The highest BCUT2D eigenvalue weighted by Crippen LogP contribution is 2.23. The molecule has 134 valence electrons. The SMILES string of the molecule is COC(=O)c1nccnc1N(CCl)Nc1ccc(S(C)(=O)=O)cc1F. The van der Waals surface area contributed by atoms with Crippen molar-refractivity contribution in [2.45, 2.75) is 4.90 Å². The molecule has 0 fully saturated rings. The van der Waals surface area contributed by atoms with Gasteiger partial charge in [-0.25, -0.2) is 27.6 Å². The van der Waals surface area contributed by atoms with Crippen LogP contribution < -0.4 is 10.4 Å². The van der Waals surface area contributed by atoms with Gasteiger partial charge in [-0.2, -0.15) is 0 Å². The molecule has 2 aromatic rings. The van der Waals surface area contributed by atoms with Gasteiger partial charge in [0.25, 0.3) is 0 Å². The van der Waals surface area contributed by atoms with E-state index in [2.05, 4.69) is 20.1 Å². The lowest BCUT2D eigenvalue weighted by Crippen LogP contribution is -2.32. The second-order valence-corrected chi connectivity index (χ2v) is 7.05. The summed E-state index contributed by atoms with van der Waals surface area (Å²) in [5.74, 6) is -1.54. The van der Waals surface area contributed by atoms with E-state index in [9.17, 15) is 17.6 Å². The number of aromatic nitrogens is 2. The highest BCUT2D eigenvalue weighted by molar-refractivity contribution is 7.90. The lowest BCUT2D eigenvalue weighted by molar-refractivity contribution is 0.0594. The molecule has 0 unspecified atom stereocenters. The van der Waals surface area contributed by atoms with E-state index in [0.717, 1.165) is 12.3 Å². The van der Waals surface area contributed by atoms with E-state index in [-0.39, 0.29) is 28.1 Å². The summed E-state index contributed by atoms with van der Waals surface area (Å²) in [6.45, 7) is 0. The van der Waals surface area contributed by atoms with Crippen molar-refractivity contribution >= 4 is 38.9 Å². The molecule has 0 aliphatic heterocycles. The van der Waals surface area contributed by atoms with E-state index in [1.165, 1.54) is 36.6 Å². The predicted molar refractivity (Wildman–Crippen MR) is 89.7 cm³/mol. The van der Waals surface area contributed by atoms with Crippen LogP contribution in [0.1, 0.15) is 10.5 Å². The van der Waals surface area contributed by atoms with Crippen molar-refractivity contribution < 1.29 is 22.3 Å². The standard InChI is InChI=1S/C14H14ClFN4O4S/c1-24-14(21)12-13(18-6-5-17-12)20(8-15)19-11-4-3-9(7-10(11)16)25(2,22)23/h3-7,19H,8H2,1-2H3. The number of anilines is 2. The maximum atomic E-state index is 14.2. The Morgan fingerprint density at radius 1 is 1.36 bits per heavy atom. The lowest BCUT2D eigenvalue weighted by atomic mass is 10.3. The topological polar surface area (TPSA) is 101 Å². The molecule has 0 aliphatic carbocycles. The molecule has 2 rings (SSSR count). The number of hydrogen-bond donors (Lipinski definition) is 1. The summed E-state index contributed by atoms with van der Waals surface area (Å²) in [6, 6.07) is 3.14. The van der Waals surface area contributed by atoms with Gasteiger partial charge in [0.1, 0.15) is 11.8 Å². The maximum absolute atomic E-state index is 14.2. The van der Waals surface area contributed by atoms with Crippen LogP contribution in [0, 0.1) is 5.82 Å². The van der Waals surface area contributed by atoms with Gasteiger partial charge >= 0.3 is 5.97 Å². The van der Waals surface area contributed by atoms with Crippen LogP contribution >= 0.6 is 11.6 Å². The number of methoxy groups -OCH3 is 1. The number of esters is 1. The number of hydrogen-bond acceptors (Lipinski definition) is 8. The first-order chi connectivity index (χ1) is 11.8. The van der Waals surface area contributed by atoms with Crippen molar-refractivity contribution in [2.75, 3.05) is 29.8 Å².